The average Bonchev–Trinajstić information content (AvgIpc) is 2.99. The summed E-state index contributed by atoms with van der Waals surface area (Å²) < 4.78 is 2.29. The summed E-state index contributed by atoms with van der Waals surface area (Å²) >= 11 is 1.73. The Hall–Kier alpha value is -1.20. The predicted molar refractivity (Wildman–Crippen MR) is 72.7 cm³/mol. The third-order valence-corrected chi connectivity index (χ3v) is 4.17. The first-order valence-electron chi connectivity index (χ1n) is 6.42. The van der Waals surface area contributed by atoms with E-state index in [0.29, 0.717) is 12.0 Å². The second-order valence-corrected chi connectivity index (χ2v) is 5.89. The summed E-state index contributed by atoms with van der Waals surface area (Å²) in [5.74, 6) is 2.74. The topological polar surface area (TPSA) is 42.7 Å². The molecule has 5 heteroatoms. The van der Waals surface area contributed by atoms with Crippen molar-refractivity contribution in [3.63, 3.8) is 0 Å². The lowest BCUT2D eigenvalue weighted by Crippen LogP contribution is -2.37. The van der Waals surface area contributed by atoms with Crippen molar-refractivity contribution in [1.29, 1.82) is 0 Å². The van der Waals surface area contributed by atoms with Crippen molar-refractivity contribution >= 4 is 11.3 Å². The van der Waals surface area contributed by atoms with Crippen LogP contribution in [0.4, 0.5) is 0 Å². The first-order chi connectivity index (χ1) is 8.75. The Bertz CT molecular complexity index is 515. The van der Waals surface area contributed by atoms with E-state index in [2.05, 4.69) is 50.8 Å². The highest BCUT2D eigenvalue weighted by Gasteiger charge is 2.26. The molecule has 1 aliphatic heterocycles. The number of thiophene rings is 1. The second-order valence-electron chi connectivity index (χ2n) is 5.11. The number of fused-ring (bicyclic) bond motifs is 1. The number of hydrogen-bond donors (Lipinski definition) is 1. The molecule has 0 aliphatic carbocycles. The van der Waals surface area contributed by atoms with Gasteiger partial charge in [-0.15, -0.1) is 10.2 Å². The van der Waals surface area contributed by atoms with Gasteiger partial charge in [0.25, 0.3) is 0 Å². The smallest absolute Gasteiger partial charge is 0.150 e. The third kappa shape index (κ3) is 2.08. The van der Waals surface area contributed by atoms with Gasteiger partial charge in [-0.3, -0.25) is 0 Å². The highest BCUT2D eigenvalue weighted by molar-refractivity contribution is 7.07. The zero-order valence-electron chi connectivity index (χ0n) is 10.8. The highest BCUT2D eigenvalue weighted by atomic mass is 32.1. The predicted octanol–water partition coefficient (Wildman–Crippen LogP) is 2.23. The van der Waals surface area contributed by atoms with Gasteiger partial charge >= 0.3 is 0 Å². The summed E-state index contributed by atoms with van der Waals surface area (Å²) in [4.78, 5) is 0. The van der Waals surface area contributed by atoms with Gasteiger partial charge in [0.05, 0.1) is 6.04 Å². The minimum Gasteiger partial charge on any atom is -0.312 e. The van der Waals surface area contributed by atoms with Crippen LogP contribution in [0.5, 0.6) is 0 Å². The molecule has 0 amide bonds. The van der Waals surface area contributed by atoms with E-state index in [4.69, 9.17) is 0 Å². The fourth-order valence-electron chi connectivity index (χ4n) is 2.49. The number of rotatable bonds is 3. The van der Waals surface area contributed by atoms with Crippen molar-refractivity contribution in [3.05, 3.63) is 34.0 Å². The Morgan fingerprint density at radius 2 is 2.39 bits per heavy atom. The van der Waals surface area contributed by atoms with E-state index in [1.807, 2.05) is 0 Å². The van der Waals surface area contributed by atoms with Gasteiger partial charge in [-0.25, -0.2) is 0 Å². The van der Waals surface area contributed by atoms with Crippen LogP contribution in [0.25, 0.3) is 0 Å². The summed E-state index contributed by atoms with van der Waals surface area (Å²) in [5.41, 5.74) is 1.33. The molecule has 3 heterocycles. The van der Waals surface area contributed by atoms with Gasteiger partial charge in [-0.1, -0.05) is 13.8 Å². The first kappa shape index (κ1) is 11.9. The van der Waals surface area contributed by atoms with Crippen molar-refractivity contribution in [3.8, 4) is 0 Å². The molecule has 0 radical (unpaired) electrons. The van der Waals surface area contributed by atoms with E-state index in [-0.39, 0.29) is 0 Å². The fourth-order valence-corrected chi connectivity index (χ4v) is 3.16. The van der Waals surface area contributed by atoms with E-state index < -0.39 is 0 Å². The van der Waals surface area contributed by atoms with Crippen LogP contribution in [0, 0.1) is 5.92 Å². The van der Waals surface area contributed by atoms with Gasteiger partial charge in [0.15, 0.2) is 5.82 Å². The maximum atomic E-state index is 4.39. The van der Waals surface area contributed by atoms with Gasteiger partial charge in [0.2, 0.25) is 0 Å². The molecule has 18 heavy (non-hydrogen) atoms. The van der Waals surface area contributed by atoms with E-state index in [0.717, 1.165) is 31.2 Å². The normalized spacial score (nSPS) is 19.2. The molecule has 4 nitrogen and oxygen atoms in total. The van der Waals surface area contributed by atoms with Crippen molar-refractivity contribution < 1.29 is 0 Å². The van der Waals surface area contributed by atoms with Crippen LogP contribution >= 0.6 is 11.3 Å². The number of hydrogen-bond acceptors (Lipinski definition) is 4. The standard InChI is InChI=1S/C13H18N4S/c1-9(2)12-13-16-15-11(17(13)5-4-14-12)7-10-3-6-18-8-10/h3,6,8-9,12,14H,4-5,7H2,1-2H3. The average molecular weight is 262 g/mol. The van der Waals surface area contributed by atoms with Gasteiger partial charge < -0.3 is 9.88 Å². The number of nitrogens with one attached hydrogen (secondary N) is 1. The molecule has 1 N–H and O–H groups in total. The van der Waals surface area contributed by atoms with Crippen LogP contribution in [0.1, 0.15) is 37.1 Å². The van der Waals surface area contributed by atoms with Gasteiger partial charge in [0.1, 0.15) is 5.82 Å². The lowest BCUT2D eigenvalue weighted by atomic mass is 10.0. The summed E-state index contributed by atoms with van der Waals surface area (Å²) in [6.07, 6.45) is 0.890. The van der Waals surface area contributed by atoms with Crippen molar-refractivity contribution in [2.24, 2.45) is 5.92 Å². The summed E-state index contributed by atoms with van der Waals surface area (Å²) in [7, 11) is 0. The van der Waals surface area contributed by atoms with E-state index in [1.54, 1.807) is 11.3 Å². The molecule has 96 valence electrons. The fraction of sp³-hybridized carbons (Fsp3) is 0.538. The Labute approximate surface area is 111 Å². The largest absolute Gasteiger partial charge is 0.312 e. The van der Waals surface area contributed by atoms with E-state index in [9.17, 15) is 0 Å². The molecular weight excluding hydrogens is 244 g/mol. The molecule has 2 aromatic rings. The monoisotopic (exact) mass is 262 g/mol. The Morgan fingerprint density at radius 1 is 1.50 bits per heavy atom. The van der Waals surface area contributed by atoms with Crippen molar-refractivity contribution in [2.75, 3.05) is 6.54 Å². The number of nitrogens with zero attached hydrogens (tertiary/aromatic N) is 3. The zero-order valence-corrected chi connectivity index (χ0v) is 11.6. The first-order valence-corrected chi connectivity index (χ1v) is 7.36. The van der Waals surface area contributed by atoms with Gasteiger partial charge in [-0.05, 0) is 28.3 Å². The molecule has 0 saturated heterocycles. The van der Waals surface area contributed by atoms with Crippen LogP contribution in [0.3, 0.4) is 0 Å². The third-order valence-electron chi connectivity index (χ3n) is 3.44. The lowest BCUT2D eigenvalue weighted by Gasteiger charge is -2.27. The van der Waals surface area contributed by atoms with Crippen molar-refractivity contribution in [1.82, 2.24) is 20.1 Å². The van der Waals surface area contributed by atoms with Crippen LogP contribution in [-0.4, -0.2) is 21.3 Å². The van der Waals surface area contributed by atoms with Crippen LogP contribution in [0.15, 0.2) is 16.8 Å². The highest BCUT2D eigenvalue weighted by Crippen LogP contribution is 2.24. The molecule has 0 fully saturated rings. The molecular formula is C13H18N4S. The summed E-state index contributed by atoms with van der Waals surface area (Å²) in [6, 6.07) is 2.50. The zero-order chi connectivity index (χ0) is 12.5. The molecule has 1 aliphatic rings. The Balaban J connectivity index is 1.90. The Morgan fingerprint density at radius 3 is 3.11 bits per heavy atom. The minimum absolute atomic E-state index is 0.336. The van der Waals surface area contributed by atoms with Crippen LogP contribution in [-0.2, 0) is 13.0 Å². The molecule has 3 rings (SSSR count). The molecule has 0 bridgehead atoms. The van der Waals surface area contributed by atoms with Gasteiger partial charge in [-0.2, -0.15) is 11.3 Å². The second kappa shape index (κ2) is 4.82. The maximum absolute atomic E-state index is 4.39. The minimum atomic E-state index is 0.336. The van der Waals surface area contributed by atoms with E-state index in [1.165, 1.54) is 5.56 Å². The number of aromatic nitrogens is 3. The maximum Gasteiger partial charge on any atom is 0.150 e. The molecule has 0 spiro atoms. The van der Waals surface area contributed by atoms with Gasteiger partial charge in [0, 0.05) is 19.5 Å². The molecule has 1 unspecified atom stereocenters. The Kier molecular flexibility index (Phi) is 3.18. The van der Waals surface area contributed by atoms with Crippen molar-refractivity contribution in [2.45, 2.75) is 32.9 Å². The molecule has 0 aromatic carbocycles. The summed E-state index contributed by atoms with van der Waals surface area (Å²) in [6.45, 7) is 6.43. The summed E-state index contributed by atoms with van der Waals surface area (Å²) in [5, 5.41) is 16.6. The quantitative estimate of drug-likeness (QED) is 0.922. The molecule has 0 saturated carbocycles. The van der Waals surface area contributed by atoms with Crippen LogP contribution in [0.2, 0.25) is 0 Å². The van der Waals surface area contributed by atoms with Crippen LogP contribution < -0.4 is 5.32 Å². The van der Waals surface area contributed by atoms with E-state index >= 15 is 0 Å². The SMILES string of the molecule is CC(C)C1NCCn2c(Cc3ccsc3)nnc21. The lowest BCUT2D eigenvalue weighted by molar-refractivity contribution is 0.335. The molecule has 2 aromatic heterocycles. The molecule has 1 atom stereocenters.